The minimum absolute atomic E-state index is 0.301. The third-order valence-corrected chi connectivity index (χ3v) is 2.66. The molecule has 2 aromatic rings. The van der Waals surface area contributed by atoms with Crippen LogP contribution >= 0.6 is 0 Å². The molecule has 8 heteroatoms. The fourth-order valence-electron chi connectivity index (χ4n) is 1.67. The van der Waals surface area contributed by atoms with Crippen LogP contribution in [-0.2, 0) is 6.42 Å². The topological polar surface area (TPSA) is 36.7 Å². The standard InChI is InChI=1S/C13H4F6N2/c14-6-3-5(4-21-7(6)1-2-20)8-9(15)11(17)13(19)12(18)10(8)16/h3-4H,1H2. The highest BCUT2D eigenvalue weighted by atomic mass is 19.2. The lowest BCUT2D eigenvalue weighted by molar-refractivity contribution is 0.381. The Morgan fingerprint density at radius 1 is 0.905 bits per heavy atom. The highest BCUT2D eigenvalue weighted by molar-refractivity contribution is 5.64. The maximum atomic E-state index is 13.5. The number of halogens is 6. The Kier molecular flexibility index (Phi) is 3.84. The van der Waals surface area contributed by atoms with E-state index in [0.717, 1.165) is 6.20 Å². The molecule has 1 aromatic heterocycles. The molecule has 1 aromatic carbocycles. The first-order valence-electron chi connectivity index (χ1n) is 5.41. The van der Waals surface area contributed by atoms with Gasteiger partial charge in [-0.1, -0.05) is 0 Å². The van der Waals surface area contributed by atoms with E-state index in [2.05, 4.69) is 4.98 Å². The van der Waals surface area contributed by atoms with E-state index in [1.54, 1.807) is 6.07 Å². The quantitative estimate of drug-likeness (QED) is 0.482. The fraction of sp³-hybridized carbons (Fsp3) is 0.0769. The molecule has 2 nitrogen and oxygen atoms in total. The summed E-state index contributed by atoms with van der Waals surface area (Å²) in [7, 11) is 0. The molecule has 1 heterocycles. The molecule has 0 N–H and O–H groups in total. The summed E-state index contributed by atoms with van der Waals surface area (Å²) in [5.41, 5.74) is -2.20. The van der Waals surface area contributed by atoms with Crippen LogP contribution < -0.4 is 0 Å². The van der Waals surface area contributed by atoms with Gasteiger partial charge in [0.1, 0.15) is 5.82 Å². The summed E-state index contributed by atoms with van der Waals surface area (Å²) in [5.74, 6) is -11.8. The van der Waals surface area contributed by atoms with Crippen LogP contribution in [-0.4, -0.2) is 4.98 Å². The molecule has 0 saturated carbocycles. The van der Waals surface area contributed by atoms with Gasteiger partial charge in [0.2, 0.25) is 5.82 Å². The second-order valence-electron chi connectivity index (χ2n) is 3.93. The zero-order chi connectivity index (χ0) is 15.7. The summed E-state index contributed by atoms with van der Waals surface area (Å²) < 4.78 is 79.7. The zero-order valence-corrected chi connectivity index (χ0v) is 10.0. The average Bonchev–Trinajstić information content (AvgIpc) is 2.46. The molecule has 0 aliphatic heterocycles. The Bertz CT molecular complexity index is 737. The van der Waals surface area contributed by atoms with Gasteiger partial charge in [-0.3, -0.25) is 4.98 Å². The van der Waals surface area contributed by atoms with E-state index < -0.39 is 52.5 Å². The van der Waals surface area contributed by atoms with Gasteiger partial charge in [-0.15, -0.1) is 0 Å². The predicted octanol–water partition coefficient (Wildman–Crippen LogP) is 3.65. The molecule has 108 valence electrons. The smallest absolute Gasteiger partial charge is 0.200 e. The molecular formula is C13H4F6N2. The molecule has 0 spiro atoms. The SMILES string of the molecule is N#CCc1ncc(-c2c(F)c(F)c(F)c(F)c2F)cc1F. The normalized spacial score (nSPS) is 10.5. The van der Waals surface area contributed by atoms with Gasteiger partial charge >= 0.3 is 0 Å². The Balaban J connectivity index is 2.69. The van der Waals surface area contributed by atoms with E-state index in [1.807, 2.05) is 0 Å². The maximum absolute atomic E-state index is 13.5. The second-order valence-corrected chi connectivity index (χ2v) is 3.93. The van der Waals surface area contributed by atoms with Gasteiger partial charge in [-0.25, -0.2) is 26.3 Å². The predicted molar refractivity (Wildman–Crippen MR) is 58.7 cm³/mol. The Morgan fingerprint density at radius 2 is 1.43 bits per heavy atom. The van der Waals surface area contributed by atoms with E-state index >= 15 is 0 Å². The summed E-state index contributed by atoms with van der Waals surface area (Å²) in [5, 5.41) is 8.40. The highest BCUT2D eigenvalue weighted by Crippen LogP contribution is 2.31. The van der Waals surface area contributed by atoms with Crippen LogP contribution in [0.3, 0.4) is 0 Å². The average molecular weight is 302 g/mol. The lowest BCUT2D eigenvalue weighted by atomic mass is 10.0. The third-order valence-electron chi connectivity index (χ3n) is 2.66. The zero-order valence-electron chi connectivity index (χ0n) is 10.0. The van der Waals surface area contributed by atoms with E-state index in [1.165, 1.54) is 0 Å². The first-order chi connectivity index (χ1) is 9.88. The Labute approximate surface area is 114 Å². The Hall–Kier alpha value is -2.56. The molecule has 2 rings (SSSR count). The molecule has 0 aliphatic carbocycles. The molecule has 0 fully saturated rings. The lowest BCUT2D eigenvalue weighted by Gasteiger charge is -2.09. The maximum Gasteiger partial charge on any atom is 0.200 e. The molecule has 0 unspecified atom stereocenters. The molecule has 0 saturated heterocycles. The van der Waals surface area contributed by atoms with Gasteiger partial charge in [0.15, 0.2) is 23.3 Å². The molecule has 0 amide bonds. The van der Waals surface area contributed by atoms with Gasteiger partial charge in [-0.2, -0.15) is 5.26 Å². The third kappa shape index (κ3) is 2.42. The summed E-state index contributed by atoms with van der Waals surface area (Å²) >= 11 is 0. The van der Waals surface area contributed by atoms with Crippen LogP contribution in [0.15, 0.2) is 12.3 Å². The van der Waals surface area contributed by atoms with Crippen molar-refractivity contribution >= 4 is 0 Å². The van der Waals surface area contributed by atoms with Crippen molar-refractivity contribution in [3.8, 4) is 17.2 Å². The van der Waals surface area contributed by atoms with E-state index in [-0.39, 0.29) is 5.69 Å². The number of rotatable bonds is 2. The van der Waals surface area contributed by atoms with Crippen molar-refractivity contribution in [2.24, 2.45) is 0 Å². The number of nitrogens with zero attached hydrogens (tertiary/aromatic N) is 2. The minimum atomic E-state index is -2.30. The minimum Gasteiger partial charge on any atom is -0.256 e. The second kappa shape index (κ2) is 5.44. The summed E-state index contributed by atoms with van der Waals surface area (Å²) in [6.07, 6.45) is 0.331. The number of nitriles is 1. The Morgan fingerprint density at radius 3 is 1.90 bits per heavy atom. The highest BCUT2D eigenvalue weighted by Gasteiger charge is 2.27. The summed E-state index contributed by atoms with van der Waals surface area (Å²) in [6, 6.07) is 2.17. The van der Waals surface area contributed by atoms with Crippen LogP contribution in [0.2, 0.25) is 0 Å². The first-order valence-corrected chi connectivity index (χ1v) is 5.41. The van der Waals surface area contributed by atoms with Crippen LogP contribution in [0.25, 0.3) is 11.1 Å². The summed E-state index contributed by atoms with van der Waals surface area (Å²) in [6.45, 7) is 0. The number of benzene rings is 1. The molecular weight excluding hydrogens is 298 g/mol. The number of hydrogen-bond acceptors (Lipinski definition) is 2. The van der Waals surface area contributed by atoms with Gasteiger partial charge < -0.3 is 0 Å². The monoisotopic (exact) mass is 302 g/mol. The van der Waals surface area contributed by atoms with E-state index in [9.17, 15) is 26.3 Å². The largest absolute Gasteiger partial charge is 0.256 e. The van der Waals surface area contributed by atoms with Crippen molar-refractivity contribution < 1.29 is 26.3 Å². The van der Waals surface area contributed by atoms with Crippen molar-refractivity contribution in [1.82, 2.24) is 4.98 Å². The van der Waals surface area contributed by atoms with Crippen molar-refractivity contribution in [1.29, 1.82) is 5.26 Å². The van der Waals surface area contributed by atoms with Crippen LogP contribution in [0, 0.1) is 46.2 Å². The van der Waals surface area contributed by atoms with Crippen LogP contribution in [0.4, 0.5) is 26.3 Å². The van der Waals surface area contributed by atoms with Crippen molar-refractivity contribution in [2.75, 3.05) is 0 Å². The van der Waals surface area contributed by atoms with E-state index in [0.29, 0.717) is 6.07 Å². The fourth-order valence-corrected chi connectivity index (χ4v) is 1.67. The lowest BCUT2D eigenvalue weighted by Crippen LogP contribution is -2.05. The van der Waals surface area contributed by atoms with Crippen molar-refractivity contribution in [3.63, 3.8) is 0 Å². The molecule has 0 radical (unpaired) electrons. The van der Waals surface area contributed by atoms with Crippen molar-refractivity contribution in [3.05, 3.63) is 52.9 Å². The first kappa shape index (κ1) is 14.8. The summed E-state index contributed by atoms with van der Waals surface area (Å²) in [4.78, 5) is 3.44. The number of hydrogen-bond donors (Lipinski definition) is 0. The van der Waals surface area contributed by atoms with Gasteiger partial charge in [0.25, 0.3) is 0 Å². The van der Waals surface area contributed by atoms with E-state index in [4.69, 9.17) is 5.26 Å². The van der Waals surface area contributed by atoms with Gasteiger partial charge in [0, 0.05) is 11.8 Å². The van der Waals surface area contributed by atoms with Crippen LogP contribution in [0.5, 0.6) is 0 Å². The molecule has 0 atom stereocenters. The molecule has 0 bridgehead atoms. The van der Waals surface area contributed by atoms with Gasteiger partial charge in [-0.05, 0) is 6.07 Å². The van der Waals surface area contributed by atoms with Crippen LogP contribution in [0.1, 0.15) is 5.69 Å². The molecule has 0 aliphatic rings. The number of aromatic nitrogens is 1. The molecule has 21 heavy (non-hydrogen) atoms. The van der Waals surface area contributed by atoms with Crippen molar-refractivity contribution in [2.45, 2.75) is 6.42 Å². The number of pyridine rings is 1. The van der Waals surface area contributed by atoms with Gasteiger partial charge in [0.05, 0.1) is 23.7 Å².